The van der Waals surface area contributed by atoms with Gasteiger partial charge in [0.05, 0.1) is 20.8 Å². The second-order valence-corrected chi connectivity index (χ2v) is 7.11. The Kier molecular flexibility index (Phi) is 6.01. The molecule has 0 heterocycles. The lowest BCUT2D eigenvalue weighted by Gasteiger charge is -2.23. The Morgan fingerprint density at radius 3 is 2.59 bits per heavy atom. The third-order valence-electron chi connectivity index (χ3n) is 5.15. The maximum atomic E-state index is 12.7. The molecule has 0 spiro atoms. The summed E-state index contributed by atoms with van der Waals surface area (Å²) in [6.07, 6.45) is 2.26. The topological polar surface area (TPSA) is 50.8 Å². The Bertz CT molecular complexity index is 815. The van der Waals surface area contributed by atoms with E-state index in [1.165, 1.54) is 5.56 Å². The van der Waals surface area contributed by atoms with Crippen molar-refractivity contribution < 1.29 is 14.3 Å². The molecule has 1 fully saturated rings. The Balaban J connectivity index is 1.71. The van der Waals surface area contributed by atoms with Gasteiger partial charge in [-0.1, -0.05) is 12.1 Å². The molecular weight excluding hydrogens is 340 g/mol. The van der Waals surface area contributed by atoms with E-state index in [2.05, 4.69) is 23.2 Å². The summed E-state index contributed by atoms with van der Waals surface area (Å²) in [5.41, 5.74) is 4.20. The first kappa shape index (κ1) is 19.2. The van der Waals surface area contributed by atoms with E-state index >= 15 is 0 Å². The summed E-state index contributed by atoms with van der Waals surface area (Å²) in [7, 11) is 3.32. The molecule has 0 unspecified atom stereocenters. The fourth-order valence-corrected chi connectivity index (χ4v) is 3.24. The van der Waals surface area contributed by atoms with Gasteiger partial charge in [0.2, 0.25) is 5.91 Å². The average Bonchev–Trinajstić information content (AvgIpc) is 3.50. The van der Waals surface area contributed by atoms with Crippen LogP contribution in [0.25, 0.3) is 0 Å². The van der Waals surface area contributed by atoms with E-state index in [1.54, 1.807) is 14.2 Å². The molecule has 144 valence electrons. The predicted molar refractivity (Wildman–Crippen MR) is 108 cm³/mol. The van der Waals surface area contributed by atoms with E-state index in [1.807, 2.05) is 37.3 Å². The van der Waals surface area contributed by atoms with Crippen molar-refractivity contribution in [2.45, 2.75) is 39.3 Å². The standard InChI is InChI=1S/C22H28N2O3/c1-15-6-5-7-20(16(15)2)23-22(25)14-24(18-8-9-18)13-17-12-19(26-3)10-11-21(17)27-4/h5-7,10-12,18H,8-9,13-14H2,1-4H3,(H,23,25). The van der Waals surface area contributed by atoms with Crippen LogP contribution in [0.15, 0.2) is 36.4 Å². The van der Waals surface area contributed by atoms with E-state index in [0.717, 1.165) is 41.2 Å². The highest BCUT2D eigenvalue weighted by atomic mass is 16.5. The highest BCUT2D eigenvalue weighted by Gasteiger charge is 2.31. The number of carbonyl (C=O) groups is 1. The number of methoxy groups -OCH3 is 2. The van der Waals surface area contributed by atoms with Crippen LogP contribution in [0, 0.1) is 13.8 Å². The van der Waals surface area contributed by atoms with Crippen LogP contribution in [0.2, 0.25) is 0 Å². The van der Waals surface area contributed by atoms with Crippen LogP contribution in [0.4, 0.5) is 5.69 Å². The summed E-state index contributed by atoms with van der Waals surface area (Å²) in [5.74, 6) is 1.62. The van der Waals surface area contributed by atoms with Gasteiger partial charge < -0.3 is 14.8 Å². The molecular formula is C22H28N2O3. The van der Waals surface area contributed by atoms with Crippen molar-refractivity contribution in [3.05, 3.63) is 53.1 Å². The molecule has 1 aliphatic carbocycles. The molecule has 2 aromatic carbocycles. The molecule has 0 saturated heterocycles. The van der Waals surface area contributed by atoms with Gasteiger partial charge in [0.1, 0.15) is 11.5 Å². The van der Waals surface area contributed by atoms with E-state index in [4.69, 9.17) is 9.47 Å². The van der Waals surface area contributed by atoms with Gasteiger partial charge in [0.25, 0.3) is 0 Å². The minimum atomic E-state index is 0.0115. The average molecular weight is 368 g/mol. The highest BCUT2D eigenvalue weighted by molar-refractivity contribution is 5.93. The quantitative estimate of drug-likeness (QED) is 0.767. The zero-order valence-corrected chi connectivity index (χ0v) is 16.5. The fraction of sp³-hybridized carbons (Fsp3) is 0.409. The molecule has 27 heavy (non-hydrogen) atoms. The van der Waals surface area contributed by atoms with Crippen molar-refractivity contribution in [3.63, 3.8) is 0 Å². The van der Waals surface area contributed by atoms with Gasteiger partial charge in [-0.25, -0.2) is 0 Å². The number of nitrogens with zero attached hydrogens (tertiary/aromatic N) is 1. The van der Waals surface area contributed by atoms with E-state index in [-0.39, 0.29) is 5.91 Å². The molecule has 0 radical (unpaired) electrons. The second-order valence-electron chi connectivity index (χ2n) is 7.11. The van der Waals surface area contributed by atoms with Crippen LogP contribution in [0.3, 0.4) is 0 Å². The van der Waals surface area contributed by atoms with Gasteiger partial charge in [-0.15, -0.1) is 0 Å². The van der Waals surface area contributed by atoms with Crippen molar-refractivity contribution in [1.29, 1.82) is 0 Å². The predicted octanol–water partition coefficient (Wildman–Crippen LogP) is 3.92. The molecule has 1 amide bonds. The number of anilines is 1. The van der Waals surface area contributed by atoms with E-state index < -0.39 is 0 Å². The minimum absolute atomic E-state index is 0.0115. The van der Waals surface area contributed by atoms with Crippen molar-refractivity contribution in [2.24, 2.45) is 0 Å². The summed E-state index contributed by atoms with van der Waals surface area (Å²) in [6, 6.07) is 12.2. The Morgan fingerprint density at radius 2 is 1.93 bits per heavy atom. The summed E-state index contributed by atoms with van der Waals surface area (Å²) < 4.78 is 10.8. The van der Waals surface area contributed by atoms with Crippen molar-refractivity contribution in [1.82, 2.24) is 4.90 Å². The zero-order chi connectivity index (χ0) is 19.4. The number of hydrogen-bond acceptors (Lipinski definition) is 4. The number of hydrogen-bond donors (Lipinski definition) is 1. The summed E-state index contributed by atoms with van der Waals surface area (Å²) in [5, 5.41) is 3.06. The maximum Gasteiger partial charge on any atom is 0.238 e. The monoisotopic (exact) mass is 368 g/mol. The van der Waals surface area contributed by atoms with Gasteiger partial charge in [-0.2, -0.15) is 0 Å². The van der Waals surface area contributed by atoms with Crippen LogP contribution >= 0.6 is 0 Å². The zero-order valence-electron chi connectivity index (χ0n) is 16.5. The molecule has 1 aliphatic rings. The molecule has 1 saturated carbocycles. The first-order chi connectivity index (χ1) is 13.0. The summed E-state index contributed by atoms with van der Waals surface area (Å²) in [6.45, 7) is 5.10. The summed E-state index contributed by atoms with van der Waals surface area (Å²) in [4.78, 5) is 14.9. The molecule has 5 heteroatoms. The van der Waals surface area contributed by atoms with Crippen molar-refractivity contribution in [2.75, 3.05) is 26.1 Å². The number of carbonyl (C=O) groups excluding carboxylic acids is 1. The van der Waals surface area contributed by atoms with Crippen LogP contribution in [0.5, 0.6) is 11.5 Å². The fourth-order valence-electron chi connectivity index (χ4n) is 3.24. The molecule has 1 N–H and O–H groups in total. The maximum absolute atomic E-state index is 12.7. The van der Waals surface area contributed by atoms with Gasteiger partial charge in [-0.3, -0.25) is 9.69 Å². The van der Waals surface area contributed by atoms with Gasteiger partial charge in [0, 0.05) is 23.8 Å². The summed E-state index contributed by atoms with van der Waals surface area (Å²) >= 11 is 0. The van der Waals surface area contributed by atoms with Crippen LogP contribution in [-0.4, -0.2) is 37.6 Å². The smallest absolute Gasteiger partial charge is 0.238 e. The lowest BCUT2D eigenvalue weighted by atomic mass is 10.1. The molecule has 2 aromatic rings. The molecule has 3 rings (SSSR count). The number of ether oxygens (including phenoxy) is 2. The Hall–Kier alpha value is -2.53. The van der Waals surface area contributed by atoms with Crippen LogP contribution in [-0.2, 0) is 11.3 Å². The number of nitrogens with one attached hydrogen (secondary N) is 1. The number of rotatable bonds is 8. The molecule has 0 atom stereocenters. The lowest BCUT2D eigenvalue weighted by molar-refractivity contribution is -0.117. The third-order valence-corrected chi connectivity index (χ3v) is 5.15. The largest absolute Gasteiger partial charge is 0.497 e. The second kappa shape index (κ2) is 8.44. The molecule has 0 bridgehead atoms. The number of benzene rings is 2. The van der Waals surface area contributed by atoms with Gasteiger partial charge in [0.15, 0.2) is 0 Å². The normalized spacial score (nSPS) is 13.5. The third kappa shape index (κ3) is 4.80. The van der Waals surface area contributed by atoms with Crippen LogP contribution < -0.4 is 14.8 Å². The molecule has 0 aromatic heterocycles. The Labute approximate surface area is 161 Å². The minimum Gasteiger partial charge on any atom is -0.497 e. The first-order valence-electron chi connectivity index (χ1n) is 9.33. The van der Waals surface area contributed by atoms with E-state index in [9.17, 15) is 4.79 Å². The molecule has 0 aliphatic heterocycles. The SMILES string of the molecule is COc1ccc(OC)c(CN(CC(=O)Nc2cccc(C)c2C)C2CC2)c1. The van der Waals surface area contributed by atoms with E-state index in [0.29, 0.717) is 19.1 Å². The Morgan fingerprint density at radius 1 is 1.15 bits per heavy atom. The van der Waals surface area contributed by atoms with Crippen molar-refractivity contribution >= 4 is 11.6 Å². The van der Waals surface area contributed by atoms with Crippen molar-refractivity contribution in [3.8, 4) is 11.5 Å². The lowest BCUT2D eigenvalue weighted by Crippen LogP contribution is -2.34. The molecule has 5 nitrogen and oxygen atoms in total. The number of amides is 1. The highest BCUT2D eigenvalue weighted by Crippen LogP contribution is 2.32. The first-order valence-corrected chi connectivity index (χ1v) is 9.33. The number of aryl methyl sites for hydroxylation is 1. The van der Waals surface area contributed by atoms with Gasteiger partial charge in [-0.05, 0) is 62.1 Å². The van der Waals surface area contributed by atoms with Crippen LogP contribution in [0.1, 0.15) is 29.5 Å². The van der Waals surface area contributed by atoms with Gasteiger partial charge >= 0.3 is 0 Å².